The zero-order chi connectivity index (χ0) is 12.5. The average Bonchev–Trinajstić information content (AvgIpc) is 2.38. The van der Waals surface area contributed by atoms with Crippen molar-refractivity contribution in [1.82, 2.24) is 10.2 Å². The van der Waals surface area contributed by atoms with Crippen LogP contribution in [0.15, 0.2) is 24.8 Å². The monoisotopic (exact) mass is 234 g/mol. The number of carbonyl (C=O) groups is 1. The number of ketones is 1. The maximum Gasteiger partial charge on any atom is 0.233 e. The Kier molecular flexibility index (Phi) is 5.93. The molecule has 1 aromatic rings. The number of carbonyl (C=O) groups excluding carboxylic acids is 1. The lowest BCUT2D eigenvalue weighted by Crippen LogP contribution is -2.04. The summed E-state index contributed by atoms with van der Waals surface area (Å²) in [5.41, 5.74) is 0.412. The van der Waals surface area contributed by atoms with Gasteiger partial charge in [-0.25, -0.2) is 0 Å². The molecule has 17 heavy (non-hydrogen) atoms. The summed E-state index contributed by atoms with van der Waals surface area (Å²) in [4.78, 5) is 11.7. The van der Waals surface area contributed by atoms with Crippen LogP contribution in [-0.2, 0) is 0 Å². The zero-order valence-electron chi connectivity index (χ0n) is 10.2. The van der Waals surface area contributed by atoms with Gasteiger partial charge in [-0.2, -0.15) is 0 Å². The van der Waals surface area contributed by atoms with Gasteiger partial charge in [0.25, 0.3) is 0 Å². The summed E-state index contributed by atoms with van der Waals surface area (Å²) < 4.78 is 4.88. The minimum absolute atomic E-state index is 0.0405. The van der Waals surface area contributed by atoms with E-state index in [2.05, 4.69) is 16.8 Å². The fraction of sp³-hybridized carbons (Fsp3) is 0.462. The van der Waals surface area contributed by atoms with E-state index in [1.165, 1.54) is 7.11 Å². The molecule has 1 aromatic heterocycles. The highest BCUT2D eigenvalue weighted by Gasteiger charge is 2.07. The Morgan fingerprint density at radius 1 is 1.35 bits per heavy atom. The molecule has 0 amide bonds. The van der Waals surface area contributed by atoms with Crippen LogP contribution in [0.2, 0.25) is 0 Å². The Balaban J connectivity index is 2.33. The first kappa shape index (κ1) is 13.4. The SMILES string of the molecule is C=CCCCCCC(=O)c1ccc(OC)nn1. The van der Waals surface area contributed by atoms with Crippen LogP contribution in [0.3, 0.4) is 0 Å². The van der Waals surface area contributed by atoms with Crippen LogP contribution in [0.4, 0.5) is 0 Å². The van der Waals surface area contributed by atoms with Crippen molar-refractivity contribution in [2.45, 2.75) is 32.1 Å². The van der Waals surface area contributed by atoms with E-state index in [1.54, 1.807) is 12.1 Å². The van der Waals surface area contributed by atoms with Gasteiger partial charge in [0.1, 0.15) is 5.69 Å². The minimum Gasteiger partial charge on any atom is -0.480 e. The van der Waals surface area contributed by atoms with Crippen molar-refractivity contribution in [2.24, 2.45) is 0 Å². The quantitative estimate of drug-likeness (QED) is 0.394. The zero-order valence-corrected chi connectivity index (χ0v) is 10.2. The van der Waals surface area contributed by atoms with Gasteiger partial charge in [0.05, 0.1) is 7.11 Å². The predicted molar refractivity (Wildman–Crippen MR) is 66.2 cm³/mol. The van der Waals surface area contributed by atoms with Crippen molar-refractivity contribution >= 4 is 5.78 Å². The fourth-order valence-electron chi connectivity index (χ4n) is 1.46. The Bertz CT molecular complexity index is 360. The summed E-state index contributed by atoms with van der Waals surface area (Å²) in [5, 5.41) is 7.59. The van der Waals surface area contributed by atoms with Crippen molar-refractivity contribution in [3.8, 4) is 5.88 Å². The van der Waals surface area contributed by atoms with Crippen LogP contribution in [0.5, 0.6) is 5.88 Å². The highest BCUT2D eigenvalue weighted by atomic mass is 16.5. The third kappa shape index (κ3) is 4.76. The molecule has 0 saturated heterocycles. The Morgan fingerprint density at radius 2 is 2.18 bits per heavy atom. The predicted octanol–water partition coefficient (Wildman–Crippen LogP) is 2.80. The van der Waals surface area contributed by atoms with E-state index in [1.807, 2.05) is 6.08 Å². The molecule has 0 bridgehead atoms. The molecular weight excluding hydrogens is 216 g/mol. The van der Waals surface area contributed by atoms with E-state index >= 15 is 0 Å². The molecule has 0 aliphatic rings. The van der Waals surface area contributed by atoms with Gasteiger partial charge in [-0.3, -0.25) is 4.79 Å². The largest absolute Gasteiger partial charge is 0.480 e. The summed E-state index contributed by atoms with van der Waals surface area (Å²) in [6, 6.07) is 3.30. The van der Waals surface area contributed by atoms with Gasteiger partial charge in [-0.15, -0.1) is 16.8 Å². The van der Waals surface area contributed by atoms with Gasteiger partial charge in [-0.05, 0) is 25.3 Å². The van der Waals surface area contributed by atoms with Crippen LogP contribution >= 0.6 is 0 Å². The number of hydrogen-bond donors (Lipinski definition) is 0. The molecule has 0 saturated carbocycles. The van der Waals surface area contributed by atoms with Crippen LogP contribution in [0, 0.1) is 0 Å². The second-order valence-electron chi connectivity index (χ2n) is 3.77. The molecule has 0 aromatic carbocycles. The van der Waals surface area contributed by atoms with E-state index in [9.17, 15) is 4.79 Å². The first-order valence-electron chi connectivity index (χ1n) is 5.79. The third-order valence-electron chi connectivity index (χ3n) is 2.45. The van der Waals surface area contributed by atoms with Crippen molar-refractivity contribution in [3.63, 3.8) is 0 Å². The van der Waals surface area contributed by atoms with E-state index in [0.29, 0.717) is 18.0 Å². The van der Waals surface area contributed by atoms with Crippen LogP contribution in [0.1, 0.15) is 42.6 Å². The second-order valence-corrected chi connectivity index (χ2v) is 3.77. The molecule has 0 aliphatic heterocycles. The molecular formula is C13H18N2O2. The number of nitrogens with zero attached hydrogens (tertiary/aromatic N) is 2. The Morgan fingerprint density at radius 3 is 2.76 bits per heavy atom. The molecule has 1 rings (SSSR count). The molecule has 4 nitrogen and oxygen atoms in total. The fourth-order valence-corrected chi connectivity index (χ4v) is 1.46. The number of hydrogen-bond acceptors (Lipinski definition) is 4. The van der Waals surface area contributed by atoms with Crippen molar-refractivity contribution in [1.29, 1.82) is 0 Å². The lowest BCUT2D eigenvalue weighted by atomic mass is 10.1. The first-order chi connectivity index (χ1) is 8.27. The minimum atomic E-state index is 0.0405. The smallest absolute Gasteiger partial charge is 0.233 e. The number of aromatic nitrogens is 2. The van der Waals surface area contributed by atoms with Gasteiger partial charge in [0.2, 0.25) is 5.88 Å². The molecule has 0 atom stereocenters. The van der Waals surface area contributed by atoms with Crippen molar-refractivity contribution in [2.75, 3.05) is 7.11 Å². The molecule has 0 N–H and O–H groups in total. The van der Waals surface area contributed by atoms with Crippen LogP contribution in [-0.4, -0.2) is 23.1 Å². The highest BCUT2D eigenvalue weighted by Crippen LogP contribution is 2.09. The molecule has 1 heterocycles. The second kappa shape index (κ2) is 7.54. The summed E-state index contributed by atoms with van der Waals surface area (Å²) >= 11 is 0. The number of allylic oxidation sites excluding steroid dienone is 1. The molecule has 92 valence electrons. The van der Waals surface area contributed by atoms with Crippen LogP contribution < -0.4 is 4.74 Å². The van der Waals surface area contributed by atoms with Gasteiger partial charge in [0.15, 0.2) is 5.78 Å². The Labute approximate surface area is 102 Å². The summed E-state index contributed by atoms with van der Waals surface area (Å²) in [6.07, 6.45) is 6.46. The maximum absolute atomic E-state index is 11.7. The Hall–Kier alpha value is -1.71. The molecule has 0 spiro atoms. The summed E-state index contributed by atoms with van der Waals surface area (Å²) in [5.74, 6) is 0.464. The molecule has 0 fully saturated rings. The lowest BCUT2D eigenvalue weighted by Gasteiger charge is -2.01. The van der Waals surface area contributed by atoms with E-state index in [-0.39, 0.29) is 5.78 Å². The summed E-state index contributed by atoms with van der Waals surface area (Å²) in [7, 11) is 1.52. The number of ether oxygens (including phenoxy) is 1. The third-order valence-corrected chi connectivity index (χ3v) is 2.45. The maximum atomic E-state index is 11.7. The summed E-state index contributed by atoms with van der Waals surface area (Å²) in [6.45, 7) is 3.66. The number of unbranched alkanes of at least 4 members (excludes halogenated alkanes) is 3. The normalized spacial score (nSPS) is 9.94. The van der Waals surface area contributed by atoms with E-state index < -0.39 is 0 Å². The van der Waals surface area contributed by atoms with Gasteiger partial charge in [0, 0.05) is 12.5 Å². The lowest BCUT2D eigenvalue weighted by molar-refractivity contribution is 0.0973. The van der Waals surface area contributed by atoms with Crippen LogP contribution in [0.25, 0.3) is 0 Å². The molecule has 0 radical (unpaired) electrons. The number of methoxy groups -OCH3 is 1. The standard InChI is InChI=1S/C13H18N2O2/c1-3-4-5-6-7-8-12(16)11-9-10-13(17-2)15-14-11/h3,9-10H,1,4-8H2,2H3. The number of rotatable bonds is 8. The highest BCUT2D eigenvalue weighted by molar-refractivity contribution is 5.93. The van der Waals surface area contributed by atoms with Crippen molar-refractivity contribution < 1.29 is 9.53 Å². The average molecular weight is 234 g/mol. The topological polar surface area (TPSA) is 52.1 Å². The number of Topliss-reactive ketones (excluding diaryl/α,β-unsaturated/α-hetero) is 1. The molecule has 0 unspecified atom stereocenters. The van der Waals surface area contributed by atoms with E-state index in [4.69, 9.17) is 4.74 Å². The molecule has 0 aliphatic carbocycles. The van der Waals surface area contributed by atoms with E-state index in [0.717, 1.165) is 25.7 Å². The first-order valence-corrected chi connectivity index (χ1v) is 5.79. The van der Waals surface area contributed by atoms with Gasteiger partial charge >= 0.3 is 0 Å². The van der Waals surface area contributed by atoms with Gasteiger partial charge < -0.3 is 4.74 Å². The van der Waals surface area contributed by atoms with Crippen molar-refractivity contribution in [3.05, 3.63) is 30.5 Å². The molecule has 4 heteroatoms. The van der Waals surface area contributed by atoms with Gasteiger partial charge in [-0.1, -0.05) is 12.5 Å².